The number of halogens is 7. The Morgan fingerprint density at radius 3 is 2.11 bits per heavy atom. The van der Waals surface area contributed by atoms with Crippen LogP contribution in [0.4, 0.5) is 36.4 Å². The molecule has 1 aromatic heterocycles. The molecule has 0 saturated carbocycles. The average molecular weight is 290 g/mol. The van der Waals surface area contributed by atoms with Gasteiger partial charge in [0.05, 0.1) is 11.9 Å². The molecule has 0 atom stereocenters. The molecule has 0 aliphatic heterocycles. The SMILES string of the molecule is O=C(Nc1cccnc1)C(F)(F)C(F)(F)C(F)(F)F. The summed E-state index contributed by atoms with van der Waals surface area (Å²) in [5.74, 6) is -15.2. The fourth-order valence-corrected chi connectivity index (χ4v) is 0.967. The molecular weight excluding hydrogens is 285 g/mol. The largest absolute Gasteiger partial charge is 0.460 e. The van der Waals surface area contributed by atoms with Crippen LogP contribution in [0.3, 0.4) is 0 Å². The molecule has 0 bridgehead atoms. The summed E-state index contributed by atoms with van der Waals surface area (Å²) in [4.78, 5) is 14.2. The Labute approximate surface area is 101 Å². The molecule has 10 heteroatoms. The third kappa shape index (κ3) is 2.76. The lowest BCUT2D eigenvalue weighted by Gasteiger charge is -2.26. The molecule has 1 aromatic rings. The van der Waals surface area contributed by atoms with Crippen molar-refractivity contribution in [1.29, 1.82) is 0 Å². The predicted octanol–water partition coefficient (Wildman–Crippen LogP) is 2.85. The molecule has 0 aliphatic carbocycles. The molecule has 0 fully saturated rings. The monoisotopic (exact) mass is 290 g/mol. The van der Waals surface area contributed by atoms with E-state index in [0.717, 1.165) is 18.3 Å². The molecule has 0 unspecified atom stereocenters. The van der Waals surface area contributed by atoms with Crippen molar-refractivity contribution in [1.82, 2.24) is 4.98 Å². The highest BCUT2D eigenvalue weighted by atomic mass is 19.4. The van der Waals surface area contributed by atoms with Crippen LogP contribution in [0.5, 0.6) is 0 Å². The smallest absolute Gasteiger partial charge is 0.319 e. The van der Waals surface area contributed by atoms with Gasteiger partial charge in [-0.05, 0) is 12.1 Å². The Morgan fingerprint density at radius 1 is 1.11 bits per heavy atom. The van der Waals surface area contributed by atoms with E-state index in [-0.39, 0.29) is 0 Å². The second-order valence-electron chi connectivity index (χ2n) is 3.34. The molecule has 19 heavy (non-hydrogen) atoms. The van der Waals surface area contributed by atoms with Gasteiger partial charge in [-0.3, -0.25) is 9.78 Å². The van der Waals surface area contributed by atoms with E-state index in [9.17, 15) is 35.5 Å². The average Bonchev–Trinajstić information content (AvgIpc) is 2.28. The fraction of sp³-hybridized carbons (Fsp3) is 0.333. The lowest BCUT2D eigenvalue weighted by atomic mass is 10.1. The topological polar surface area (TPSA) is 42.0 Å². The van der Waals surface area contributed by atoms with Crippen LogP contribution >= 0.6 is 0 Å². The Bertz CT molecular complexity index is 457. The highest BCUT2D eigenvalue weighted by molar-refractivity contribution is 5.96. The molecule has 0 radical (unpaired) electrons. The number of rotatable bonds is 3. The highest BCUT2D eigenvalue weighted by Gasteiger charge is 2.76. The van der Waals surface area contributed by atoms with Crippen LogP contribution in [0.25, 0.3) is 0 Å². The number of carbonyl (C=O) groups is 1. The molecule has 1 N–H and O–H groups in total. The summed E-state index contributed by atoms with van der Waals surface area (Å²) in [6.45, 7) is 0. The minimum Gasteiger partial charge on any atom is -0.319 e. The number of aromatic nitrogens is 1. The zero-order valence-corrected chi connectivity index (χ0v) is 8.81. The van der Waals surface area contributed by atoms with Gasteiger partial charge in [-0.15, -0.1) is 0 Å². The van der Waals surface area contributed by atoms with E-state index in [1.165, 1.54) is 11.5 Å². The zero-order chi connectivity index (χ0) is 14.9. The highest BCUT2D eigenvalue weighted by Crippen LogP contribution is 2.46. The van der Waals surface area contributed by atoms with Crippen molar-refractivity contribution in [2.75, 3.05) is 5.32 Å². The second-order valence-corrected chi connectivity index (χ2v) is 3.34. The van der Waals surface area contributed by atoms with Crippen molar-refractivity contribution in [3.05, 3.63) is 24.5 Å². The third-order valence-electron chi connectivity index (χ3n) is 1.95. The Kier molecular flexibility index (Phi) is 3.73. The molecule has 0 saturated heterocycles. The van der Waals surface area contributed by atoms with E-state index in [0.29, 0.717) is 0 Å². The first kappa shape index (κ1) is 15.2. The molecule has 106 valence electrons. The van der Waals surface area contributed by atoms with Crippen LogP contribution in [0.15, 0.2) is 24.5 Å². The summed E-state index contributed by atoms with van der Waals surface area (Å²) >= 11 is 0. The van der Waals surface area contributed by atoms with Gasteiger partial charge in [0.2, 0.25) is 0 Å². The second kappa shape index (κ2) is 4.67. The minimum atomic E-state index is -6.55. The van der Waals surface area contributed by atoms with Crippen LogP contribution in [0.1, 0.15) is 0 Å². The maximum atomic E-state index is 12.9. The van der Waals surface area contributed by atoms with Crippen LogP contribution < -0.4 is 5.32 Å². The van der Waals surface area contributed by atoms with Gasteiger partial charge < -0.3 is 5.32 Å². The lowest BCUT2D eigenvalue weighted by molar-refractivity contribution is -0.343. The first-order valence-electron chi connectivity index (χ1n) is 4.54. The van der Waals surface area contributed by atoms with E-state index in [4.69, 9.17) is 0 Å². The van der Waals surface area contributed by atoms with E-state index in [2.05, 4.69) is 4.98 Å². The van der Waals surface area contributed by atoms with E-state index in [1.807, 2.05) is 0 Å². The normalized spacial score (nSPS) is 13.2. The minimum absolute atomic E-state index is 0.440. The van der Waals surface area contributed by atoms with Crippen molar-refractivity contribution in [3.63, 3.8) is 0 Å². The maximum absolute atomic E-state index is 12.9. The molecule has 3 nitrogen and oxygen atoms in total. The van der Waals surface area contributed by atoms with Crippen molar-refractivity contribution in [2.45, 2.75) is 18.0 Å². The van der Waals surface area contributed by atoms with Gasteiger partial charge in [-0.1, -0.05) is 0 Å². The van der Waals surface area contributed by atoms with E-state index in [1.54, 1.807) is 0 Å². The summed E-state index contributed by atoms with van der Waals surface area (Å²) < 4.78 is 86.2. The van der Waals surface area contributed by atoms with Crippen LogP contribution in [-0.4, -0.2) is 28.9 Å². The molecule has 1 heterocycles. The zero-order valence-electron chi connectivity index (χ0n) is 8.81. The number of hydrogen-bond acceptors (Lipinski definition) is 2. The maximum Gasteiger partial charge on any atom is 0.460 e. The van der Waals surface area contributed by atoms with Crippen molar-refractivity contribution in [3.8, 4) is 0 Å². The van der Waals surface area contributed by atoms with E-state index < -0.39 is 29.6 Å². The lowest BCUT2D eigenvalue weighted by Crippen LogP contribution is -2.57. The number of pyridine rings is 1. The summed E-state index contributed by atoms with van der Waals surface area (Å²) in [5.41, 5.74) is -0.440. The predicted molar refractivity (Wildman–Crippen MR) is 48.8 cm³/mol. The number of hydrogen-bond donors (Lipinski definition) is 1. The first-order chi connectivity index (χ1) is 8.50. The van der Waals surface area contributed by atoms with Crippen LogP contribution in [-0.2, 0) is 4.79 Å². The number of alkyl halides is 7. The number of carbonyl (C=O) groups excluding carboxylic acids is 1. The van der Waals surface area contributed by atoms with Gasteiger partial charge in [0.1, 0.15) is 0 Å². The number of amides is 1. The Balaban J connectivity index is 2.98. The number of anilines is 1. The van der Waals surface area contributed by atoms with Gasteiger partial charge in [-0.25, -0.2) is 0 Å². The van der Waals surface area contributed by atoms with Crippen molar-refractivity contribution >= 4 is 11.6 Å². The van der Waals surface area contributed by atoms with Crippen molar-refractivity contribution in [2.24, 2.45) is 0 Å². The van der Waals surface area contributed by atoms with E-state index >= 15 is 0 Å². The Hall–Kier alpha value is -1.87. The molecular formula is C9H5F7N2O. The number of nitrogens with zero attached hydrogens (tertiary/aromatic N) is 1. The van der Waals surface area contributed by atoms with Gasteiger partial charge >= 0.3 is 23.9 Å². The Morgan fingerprint density at radius 2 is 1.68 bits per heavy atom. The summed E-state index contributed by atoms with van der Waals surface area (Å²) in [6, 6.07) is 2.16. The standard InChI is InChI=1S/C9H5F7N2O/c10-7(11,8(12,13)9(14,15)16)6(19)18-5-2-1-3-17-4-5/h1-4H,(H,18,19). The number of nitrogens with one attached hydrogen (secondary N) is 1. The summed E-state index contributed by atoms with van der Waals surface area (Å²) in [6.07, 6.45) is -4.57. The van der Waals surface area contributed by atoms with Gasteiger partial charge in [-0.2, -0.15) is 30.7 Å². The van der Waals surface area contributed by atoms with Gasteiger partial charge in [0.25, 0.3) is 0 Å². The summed E-state index contributed by atoms with van der Waals surface area (Å²) in [7, 11) is 0. The van der Waals surface area contributed by atoms with Crippen LogP contribution in [0.2, 0.25) is 0 Å². The van der Waals surface area contributed by atoms with Gasteiger partial charge in [0, 0.05) is 6.20 Å². The quantitative estimate of drug-likeness (QED) is 0.870. The molecule has 1 amide bonds. The first-order valence-corrected chi connectivity index (χ1v) is 4.54. The fourth-order valence-electron chi connectivity index (χ4n) is 0.967. The summed E-state index contributed by atoms with van der Waals surface area (Å²) in [5, 5.41) is 1.23. The molecule has 0 spiro atoms. The molecule has 1 rings (SSSR count). The van der Waals surface area contributed by atoms with Crippen molar-refractivity contribution < 1.29 is 35.5 Å². The van der Waals surface area contributed by atoms with Gasteiger partial charge in [0.15, 0.2) is 0 Å². The van der Waals surface area contributed by atoms with Crippen LogP contribution in [0, 0.1) is 0 Å². The molecule has 0 aliphatic rings. The third-order valence-corrected chi connectivity index (χ3v) is 1.95. The molecule has 0 aromatic carbocycles.